The summed E-state index contributed by atoms with van der Waals surface area (Å²) < 4.78 is 0. The number of amides is 1. The minimum Gasteiger partial charge on any atom is -0.349 e. The highest BCUT2D eigenvalue weighted by atomic mass is 16.1. The average Bonchev–Trinajstić information content (AvgIpc) is 3.21. The van der Waals surface area contributed by atoms with Gasteiger partial charge in [0.25, 0.3) is 5.91 Å². The largest absolute Gasteiger partial charge is 0.349 e. The van der Waals surface area contributed by atoms with Gasteiger partial charge in [0.15, 0.2) is 0 Å². The highest BCUT2D eigenvalue weighted by molar-refractivity contribution is 6.05. The third-order valence-electron chi connectivity index (χ3n) is 7.11. The number of hydrogen-bond acceptors (Lipinski definition) is 3. The summed E-state index contributed by atoms with van der Waals surface area (Å²) in [6.07, 6.45) is 15.5. The third kappa shape index (κ3) is 3.38. The fraction of sp³-hybridized carbons (Fsp3) is 0.636. The Morgan fingerprint density at radius 3 is 2.70 bits per heavy atom. The van der Waals surface area contributed by atoms with Crippen molar-refractivity contribution in [3.63, 3.8) is 0 Å². The molecule has 2 aliphatic heterocycles. The Hall–Kier alpha value is -1.88. The second-order valence-corrected chi connectivity index (χ2v) is 8.83. The summed E-state index contributed by atoms with van der Waals surface area (Å²) in [4.78, 5) is 23.0. The van der Waals surface area contributed by atoms with Gasteiger partial charge >= 0.3 is 0 Å². The average molecular weight is 367 g/mol. The van der Waals surface area contributed by atoms with Crippen LogP contribution in [-0.2, 0) is 0 Å². The van der Waals surface area contributed by atoms with Crippen molar-refractivity contribution in [3.8, 4) is 0 Å². The summed E-state index contributed by atoms with van der Waals surface area (Å²) in [7, 11) is 0. The zero-order chi connectivity index (χ0) is 18.2. The Balaban J connectivity index is 1.23. The second kappa shape index (κ2) is 7.27. The number of fused-ring (bicyclic) bond motifs is 3. The Labute approximate surface area is 160 Å². The van der Waals surface area contributed by atoms with Crippen molar-refractivity contribution in [2.75, 3.05) is 6.54 Å². The van der Waals surface area contributed by atoms with E-state index in [1.807, 2.05) is 12.1 Å². The fourth-order valence-corrected chi connectivity index (χ4v) is 5.76. The Morgan fingerprint density at radius 2 is 1.93 bits per heavy atom. The topological polar surface area (TPSA) is 61.0 Å². The number of pyridine rings is 1. The van der Waals surface area contributed by atoms with E-state index >= 15 is 0 Å². The standard InChI is InChI=1S/C22H30N4O/c27-22(20-13-24-21-19(20)7-4-10-23-21)25-16-11-17-8-9-18(12-16)26(17)14-15-5-2-1-3-6-15/h4,7,10,13,15-18H,1-3,5-6,8-9,11-12,14H2,(H,23,24)(H,25,27). The molecule has 144 valence electrons. The molecule has 1 saturated carbocycles. The van der Waals surface area contributed by atoms with Crippen molar-refractivity contribution in [3.05, 3.63) is 30.1 Å². The molecule has 4 heterocycles. The van der Waals surface area contributed by atoms with Gasteiger partial charge in [0.2, 0.25) is 0 Å². The molecule has 0 spiro atoms. The number of aromatic nitrogens is 2. The van der Waals surface area contributed by atoms with Crippen LogP contribution in [0.15, 0.2) is 24.5 Å². The minimum atomic E-state index is 0.0411. The zero-order valence-corrected chi connectivity index (χ0v) is 16.0. The van der Waals surface area contributed by atoms with Gasteiger partial charge in [-0.15, -0.1) is 0 Å². The van der Waals surface area contributed by atoms with Crippen LogP contribution in [0.4, 0.5) is 0 Å². The van der Waals surface area contributed by atoms with Gasteiger partial charge in [0.1, 0.15) is 5.65 Å². The predicted octanol–water partition coefficient (Wildman–Crippen LogP) is 3.87. The van der Waals surface area contributed by atoms with E-state index in [-0.39, 0.29) is 5.91 Å². The highest BCUT2D eigenvalue weighted by Crippen LogP contribution is 2.38. The summed E-state index contributed by atoms with van der Waals surface area (Å²) >= 11 is 0. The van der Waals surface area contributed by atoms with Gasteiger partial charge in [-0.05, 0) is 56.6 Å². The van der Waals surface area contributed by atoms with Crippen LogP contribution in [-0.4, -0.2) is 45.4 Å². The first kappa shape index (κ1) is 17.2. The van der Waals surface area contributed by atoms with Crippen LogP contribution in [0.5, 0.6) is 0 Å². The first-order chi connectivity index (χ1) is 13.3. The van der Waals surface area contributed by atoms with Crippen LogP contribution in [0.2, 0.25) is 0 Å². The molecule has 2 bridgehead atoms. The fourth-order valence-electron chi connectivity index (χ4n) is 5.76. The van der Waals surface area contributed by atoms with Crippen molar-refractivity contribution in [1.82, 2.24) is 20.2 Å². The Kier molecular flexibility index (Phi) is 4.64. The van der Waals surface area contributed by atoms with E-state index in [1.165, 1.54) is 51.5 Å². The maximum absolute atomic E-state index is 12.8. The van der Waals surface area contributed by atoms with E-state index in [2.05, 4.69) is 20.2 Å². The molecule has 0 radical (unpaired) electrons. The number of rotatable bonds is 4. The van der Waals surface area contributed by atoms with E-state index in [1.54, 1.807) is 12.4 Å². The second-order valence-electron chi connectivity index (χ2n) is 8.83. The van der Waals surface area contributed by atoms with Gasteiger partial charge in [-0.2, -0.15) is 0 Å². The molecule has 2 aromatic rings. The number of nitrogens with zero attached hydrogens (tertiary/aromatic N) is 2. The molecule has 0 aromatic carbocycles. The molecule has 2 saturated heterocycles. The molecule has 2 N–H and O–H groups in total. The van der Waals surface area contributed by atoms with Gasteiger partial charge in [0.05, 0.1) is 5.56 Å². The molecular formula is C22H30N4O. The monoisotopic (exact) mass is 366 g/mol. The third-order valence-corrected chi connectivity index (χ3v) is 7.11. The van der Waals surface area contributed by atoms with Crippen LogP contribution in [0, 0.1) is 5.92 Å². The van der Waals surface area contributed by atoms with Gasteiger partial charge < -0.3 is 10.3 Å². The van der Waals surface area contributed by atoms with Gasteiger partial charge in [-0.25, -0.2) is 4.98 Å². The molecule has 2 aromatic heterocycles. The lowest BCUT2D eigenvalue weighted by Crippen LogP contribution is -2.51. The Bertz CT molecular complexity index is 796. The summed E-state index contributed by atoms with van der Waals surface area (Å²) in [6, 6.07) is 5.49. The van der Waals surface area contributed by atoms with Crippen molar-refractivity contribution in [2.24, 2.45) is 5.92 Å². The van der Waals surface area contributed by atoms with Crippen molar-refractivity contribution in [1.29, 1.82) is 0 Å². The molecule has 2 unspecified atom stereocenters. The molecular weight excluding hydrogens is 336 g/mol. The number of H-pyrrole nitrogens is 1. The quantitative estimate of drug-likeness (QED) is 0.863. The van der Waals surface area contributed by atoms with E-state index in [0.717, 1.165) is 35.4 Å². The number of aromatic amines is 1. The van der Waals surface area contributed by atoms with Crippen LogP contribution >= 0.6 is 0 Å². The molecule has 5 rings (SSSR count). The van der Waals surface area contributed by atoms with Crippen molar-refractivity contribution >= 4 is 16.9 Å². The lowest BCUT2D eigenvalue weighted by molar-refractivity contribution is 0.0762. The van der Waals surface area contributed by atoms with Crippen molar-refractivity contribution < 1.29 is 4.79 Å². The van der Waals surface area contributed by atoms with E-state index < -0.39 is 0 Å². The van der Waals surface area contributed by atoms with Gasteiger partial charge in [-0.3, -0.25) is 9.69 Å². The molecule has 3 fully saturated rings. The van der Waals surface area contributed by atoms with E-state index in [0.29, 0.717) is 18.1 Å². The normalized spacial score (nSPS) is 29.3. The number of carbonyl (C=O) groups is 1. The predicted molar refractivity (Wildman–Crippen MR) is 107 cm³/mol. The first-order valence-corrected chi connectivity index (χ1v) is 10.8. The van der Waals surface area contributed by atoms with Gasteiger partial charge in [0, 0.05) is 42.5 Å². The Morgan fingerprint density at radius 1 is 1.15 bits per heavy atom. The molecule has 5 heteroatoms. The lowest BCUT2D eigenvalue weighted by atomic mass is 9.87. The summed E-state index contributed by atoms with van der Waals surface area (Å²) in [5, 5.41) is 4.23. The first-order valence-electron chi connectivity index (χ1n) is 10.8. The molecule has 1 amide bonds. The molecule has 2 atom stereocenters. The highest BCUT2D eigenvalue weighted by Gasteiger charge is 2.41. The number of hydrogen-bond donors (Lipinski definition) is 2. The molecule has 1 aliphatic carbocycles. The van der Waals surface area contributed by atoms with E-state index in [9.17, 15) is 4.79 Å². The van der Waals surface area contributed by atoms with Crippen molar-refractivity contribution in [2.45, 2.75) is 75.9 Å². The minimum absolute atomic E-state index is 0.0411. The van der Waals surface area contributed by atoms with Gasteiger partial charge in [-0.1, -0.05) is 19.3 Å². The SMILES string of the molecule is O=C(NC1CC2CCC(C1)N2CC1CCCCC1)c1c[nH]c2ncccc12. The molecule has 5 nitrogen and oxygen atoms in total. The number of piperidine rings is 1. The lowest BCUT2D eigenvalue weighted by Gasteiger charge is -2.41. The summed E-state index contributed by atoms with van der Waals surface area (Å²) in [5.74, 6) is 0.950. The zero-order valence-electron chi connectivity index (χ0n) is 16.0. The summed E-state index contributed by atoms with van der Waals surface area (Å²) in [5.41, 5.74) is 1.50. The number of carbonyl (C=O) groups excluding carboxylic acids is 1. The van der Waals surface area contributed by atoms with E-state index in [4.69, 9.17) is 0 Å². The maximum atomic E-state index is 12.8. The molecule has 3 aliphatic rings. The molecule has 27 heavy (non-hydrogen) atoms. The smallest absolute Gasteiger partial charge is 0.253 e. The maximum Gasteiger partial charge on any atom is 0.253 e. The van der Waals surface area contributed by atoms with Crippen LogP contribution in [0.25, 0.3) is 11.0 Å². The van der Waals surface area contributed by atoms with Crippen LogP contribution < -0.4 is 5.32 Å². The van der Waals surface area contributed by atoms with Crippen LogP contribution in [0.1, 0.15) is 68.1 Å². The van der Waals surface area contributed by atoms with Crippen LogP contribution in [0.3, 0.4) is 0 Å². The summed E-state index contributed by atoms with van der Waals surface area (Å²) in [6.45, 7) is 1.30. The number of nitrogens with one attached hydrogen (secondary N) is 2.